The van der Waals surface area contributed by atoms with Gasteiger partial charge in [0.05, 0.1) is 19.9 Å². The summed E-state index contributed by atoms with van der Waals surface area (Å²) in [6, 6.07) is 5.55. The normalized spacial score (nSPS) is 16.1. The molecule has 0 saturated carbocycles. The van der Waals surface area contributed by atoms with Crippen molar-refractivity contribution in [1.82, 2.24) is 9.55 Å². The smallest absolute Gasteiger partial charge is 0.349 e. The fraction of sp³-hybridized carbons (Fsp3) is 0.333. The first-order valence-corrected chi connectivity index (χ1v) is 6.96. The summed E-state index contributed by atoms with van der Waals surface area (Å²) in [5.74, 6) is 1.48. The fourth-order valence-corrected chi connectivity index (χ4v) is 2.95. The van der Waals surface area contributed by atoms with Gasteiger partial charge < -0.3 is 9.47 Å². The second-order valence-electron chi connectivity index (χ2n) is 5.05. The van der Waals surface area contributed by atoms with Gasteiger partial charge >= 0.3 is 5.69 Å². The van der Waals surface area contributed by atoms with Crippen LogP contribution >= 0.6 is 11.6 Å². The van der Waals surface area contributed by atoms with Crippen LogP contribution in [0.15, 0.2) is 23.0 Å². The first kappa shape index (κ1) is 13.9. The Labute approximate surface area is 127 Å². The standard InChI is InChI=1S/C15H15ClN2O3/c1-8-7-18-11(6-14(16)17-15(18)19)10-5-13(21-3)12(20-2)4-9(8)10/h4-6,8H,7H2,1-3H3. The molecular weight excluding hydrogens is 292 g/mol. The molecule has 1 aliphatic heterocycles. The molecule has 21 heavy (non-hydrogen) atoms. The number of methoxy groups -OCH3 is 2. The summed E-state index contributed by atoms with van der Waals surface area (Å²) in [7, 11) is 3.19. The van der Waals surface area contributed by atoms with Gasteiger partial charge in [0.2, 0.25) is 0 Å². The first-order valence-electron chi connectivity index (χ1n) is 6.58. The molecule has 3 rings (SSSR count). The van der Waals surface area contributed by atoms with E-state index in [2.05, 4.69) is 11.9 Å². The van der Waals surface area contributed by atoms with Gasteiger partial charge in [0.15, 0.2) is 11.5 Å². The second kappa shape index (κ2) is 5.07. The summed E-state index contributed by atoms with van der Waals surface area (Å²) in [4.78, 5) is 15.8. The summed E-state index contributed by atoms with van der Waals surface area (Å²) in [6.07, 6.45) is 0. The fourth-order valence-electron chi connectivity index (χ4n) is 2.77. The highest BCUT2D eigenvalue weighted by atomic mass is 35.5. The topological polar surface area (TPSA) is 53.4 Å². The predicted molar refractivity (Wildman–Crippen MR) is 80.5 cm³/mol. The molecule has 0 N–H and O–H groups in total. The Hall–Kier alpha value is -2.01. The van der Waals surface area contributed by atoms with Crippen molar-refractivity contribution in [2.24, 2.45) is 0 Å². The number of halogens is 1. The van der Waals surface area contributed by atoms with Gasteiger partial charge in [-0.05, 0) is 17.7 Å². The lowest BCUT2D eigenvalue weighted by Crippen LogP contribution is -2.29. The molecule has 2 aromatic rings. The van der Waals surface area contributed by atoms with Gasteiger partial charge in [-0.1, -0.05) is 18.5 Å². The Morgan fingerprint density at radius 1 is 1.24 bits per heavy atom. The monoisotopic (exact) mass is 306 g/mol. The van der Waals surface area contributed by atoms with E-state index in [0.717, 1.165) is 16.8 Å². The highest BCUT2D eigenvalue weighted by Crippen LogP contribution is 2.41. The molecule has 0 bridgehead atoms. The summed E-state index contributed by atoms with van der Waals surface area (Å²) in [6.45, 7) is 2.63. The van der Waals surface area contributed by atoms with Gasteiger partial charge in [-0.2, -0.15) is 4.98 Å². The minimum atomic E-state index is -0.329. The minimum Gasteiger partial charge on any atom is -0.493 e. The zero-order valence-electron chi connectivity index (χ0n) is 12.0. The van der Waals surface area contributed by atoms with E-state index in [1.807, 2.05) is 12.1 Å². The molecule has 1 aromatic heterocycles. The highest BCUT2D eigenvalue weighted by molar-refractivity contribution is 6.29. The van der Waals surface area contributed by atoms with Crippen LogP contribution in [0.3, 0.4) is 0 Å². The van der Waals surface area contributed by atoms with Gasteiger partial charge in [-0.3, -0.25) is 4.57 Å². The van der Waals surface area contributed by atoms with Crippen molar-refractivity contribution in [2.45, 2.75) is 19.4 Å². The van der Waals surface area contributed by atoms with Crippen molar-refractivity contribution in [3.05, 3.63) is 39.4 Å². The Balaban J connectivity index is 2.33. The Bertz CT molecular complexity index is 770. The van der Waals surface area contributed by atoms with E-state index in [1.165, 1.54) is 0 Å². The molecule has 1 aromatic carbocycles. The van der Waals surface area contributed by atoms with Crippen LogP contribution in [-0.4, -0.2) is 23.8 Å². The van der Waals surface area contributed by atoms with E-state index in [0.29, 0.717) is 18.0 Å². The van der Waals surface area contributed by atoms with Crippen LogP contribution in [0.25, 0.3) is 11.3 Å². The molecule has 0 aliphatic carbocycles. The number of ether oxygens (including phenoxy) is 2. The summed E-state index contributed by atoms with van der Waals surface area (Å²) in [5.41, 5.74) is 2.46. The van der Waals surface area contributed by atoms with Crippen molar-refractivity contribution in [1.29, 1.82) is 0 Å². The molecule has 6 heteroatoms. The van der Waals surface area contributed by atoms with Gasteiger partial charge in [0.1, 0.15) is 5.15 Å². The third-order valence-corrected chi connectivity index (χ3v) is 3.99. The number of benzene rings is 1. The van der Waals surface area contributed by atoms with E-state index in [4.69, 9.17) is 21.1 Å². The van der Waals surface area contributed by atoms with Gasteiger partial charge in [-0.25, -0.2) is 4.79 Å². The minimum absolute atomic E-state index is 0.174. The predicted octanol–water partition coefficient (Wildman–Crippen LogP) is 2.70. The highest BCUT2D eigenvalue weighted by Gasteiger charge is 2.25. The molecule has 0 saturated heterocycles. The van der Waals surface area contributed by atoms with E-state index in [9.17, 15) is 4.79 Å². The summed E-state index contributed by atoms with van der Waals surface area (Å²) < 4.78 is 12.3. The lowest BCUT2D eigenvalue weighted by atomic mass is 9.89. The molecule has 0 amide bonds. The van der Waals surface area contributed by atoms with Crippen LogP contribution < -0.4 is 15.2 Å². The van der Waals surface area contributed by atoms with Crippen molar-refractivity contribution in [3.63, 3.8) is 0 Å². The third kappa shape index (κ3) is 2.17. The molecule has 1 aliphatic rings. The average molecular weight is 307 g/mol. The van der Waals surface area contributed by atoms with Gasteiger partial charge in [0.25, 0.3) is 0 Å². The number of nitrogens with zero attached hydrogens (tertiary/aromatic N) is 2. The maximum Gasteiger partial charge on any atom is 0.349 e. The molecule has 0 radical (unpaired) electrons. The molecule has 0 fully saturated rings. The lowest BCUT2D eigenvalue weighted by molar-refractivity contribution is 0.354. The molecule has 1 atom stereocenters. The zero-order valence-corrected chi connectivity index (χ0v) is 12.8. The maximum absolute atomic E-state index is 12.0. The third-order valence-electron chi connectivity index (χ3n) is 3.80. The van der Waals surface area contributed by atoms with Crippen LogP contribution in [0.4, 0.5) is 0 Å². The van der Waals surface area contributed by atoms with E-state index >= 15 is 0 Å². The quantitative estimate of drug-likeness (QED) is 0.801. The molecule has 2 heterocycles. The molecular formula is C15H15ClN2O3. The number of rotatable bonds is 2. The summed E-state index contributed by atoms with van der Waals surface area (Å²) in [5, 5.41) is 0.196. The molecule has 1 unspecified atom stereocenters. The van der Waals surface area contributed by atoms with Crippen molar-refractivity contribution in [2.75, 3.05) is 14.2 Å². The Kier molecular flexibility index (Phi) is 3.37. The largest absolute Gasteiger partial charge is 0.493 e. The molecule has 0 spiro atoms. The van der Waals surface area contributed by atoms with Crippen LogP contribution in [-0.2, 0) is 6.54 Å². The summed E-state index contributed by atoms with van der Waals surface area (Å²) >= 11 is 5.94. The van der Waals surface area contributed by atoms with E-state index in [-0.39, 0.29) is 16.8 Å². The number of hydrogen-bond donors (Lipinski definition) is 0. The Morgan fingerprint density at radius 3 is 2.57 bits per heavy atom. The van der Waals surface area contributed by atoms with Crippen LogP contribution in [0.2, 0.25) is 5.15 Å². The number of hydrogen-bond acceptors (Lipinski definition) is 4. The van der Waals surface area contributed by atoms with Crippen molar-refractivity contribution < 1.29 is 9.47 Å². The average Bonchev–Trinajstić information content (AvgIpc) is 2.47. The molecule has 110 valence electrons. The van der Waals surface area contributed by atoms with Crippen molar-refractivity contribution >= 4 is 11.6 Å². The maximum atomic E-state index is 12.0. The van der Waals surface area contributed by atoms with E-state index in [1.54, 1.807) is 24.9 Å². The number of fused-ring (bicyclic) bond motifs is 3. The number of aromatic nitrogens is 2. The van der Waals surface area contributed by atoms with Crippen LogP contribution in [0.1, 0.15) is 18.4 Å². The van der Waals surface area contributed by atoms with Crippen LogP contribution in [0.5, 0.6) is 11.5 Å². The van der Waals surface area contributed by atoms with Gasteiger partial charge in [0, 0.05) is 24.1 Å². The lowest BCUT2D eigenvalue weighted by Gasteiger charge is -2.27. The van der Waals surface area contributed by atoms with Gasteiger partial charge in [-0.15, -0.1) is 0 Å². The van der Waals surface area contributed by atoms with Crippen LogP contribution in [0, 0.1) is 0 Å². The second-order valence-corrected chi connectivity index (χ2v) is 5.44. The Morgan fingerprint density at radius 2 is 1.90 bits per heavy atom. The molecule has 5 nitrogen and oxygen atoms in total. The van der Waals surface area contributed by atoms with E-state index < -0.39 is 0 Å². The first-order chi connectivity index (χ1) is 10.0. The zero-order chi connectivity index (χ0) is 15.1. The van der Waals surface area contributed by atoms with Crippen molar-refractivity contribution in [3.8, 4) is 22.8 Å². The SMILES string of the molecule is COc1cc2c(cc1OC)C(C)Cn1c-2cc(Cl)nc1=O.